The van der Waals surface area contributed by atoms with Gasteiger partial charge in [-0.3, -0.25) is 0 Å². The van der Waals surface area contributed by atoms with Crippen molar-refractivity contribution in [3.8, 4) is 11.1 Å². The Labute approximate surface area is 244 Å². The van der Waals surface area contributed by atoms with E-state index in [-0.39, 0.29) is 23.6 Å². The summed E-state index contributed by atoms with van der Waals surface area (Å²) in [7, 11) is 0. The molecular weight excluding hydrogens is 493 g/mol. The van der Waals surface area contributed by atoms with Crippen molar-refractivity contribution in [2.45, 2.75) is 56.4 Å². The largest absolute Gasteiger partial charge is 0.335 e. The molecule has 1 nitrogen and oxygen atoms in total. The van der Waals surface area contributed by atoms with Crippen molar-refractivity contribution in [3.63, 3.8) is 0 Å². The van der Waals surface area contributed by atoms with Crippen LogP contribution in [-0.4, -0.2) is 12.3 Å². The van der Waals surface area contributed by atoms with E-state index in [1.165, 1.54) is 81.3 Å². The molecule has 3 atom stereocenters. The van der Waals surface area contributed by atoms with E-state index >= 15 is 0 Å². The van der Waals surface area contributed by atoms with Crippen molar-refractivity contribution in [2.24, 2.45) is 0 Å². The van der Waals surface area contributed by atoms with E-state index in [0.29, 0.717) is 0 Å². The Morgan fingerprint density at radius 2 is 1.37 bits per heavy atom. The first kappa shape index (κ1) is 23.6. The SMILES string of the molecule is CC12CCCCC1(C)N1c3cc(-c4ccccc4)cc4c3B(c3ccccc3C4c3ccccc3)c3cccc2c31. The molecule has 3 aliphatic heterocycles. The first-order chi connectivity index (χ1) is 20.1. The summed E-state index contributed by atoms with van der Waals surface area (Å²) in [5.41, 5.74) is 16.1. The molecule has 0 N–H and O–H groups in total. The van der Waals surface area contributed by atoms with Gasteiger partial charge in [-0.25, -0.2) is 0 Å². The third-order valence-corrected chi connectivity index (χ3v) is 11.4. The first-order valence-electron chi connectivity index (χ1n) is 15.4. The highest BCUT2D eigenvalue weighted by Crippen LogP contribution is 2.61. The Morgan fingerprint density at radius 1 is 0.659 bits per heavy atom. The topological polar surface area (TPSA) is 3.24 Å². The molecule has 0 amide bonds. The summed E-state index contributed by atoms with van der Waals surface area (Å²) in [6.45, 7) is 5.39. The fourth-order valence-corrected chi connectivity index (χ4v) is 9.28. The summed E-state index contributed by atoms with van der Waals surface area (Å²) in [5, 5.41) is 0. The van der Waals surface area contributed by atoms with E-state index in [2.05, 4.69) is 134 Å². The molecule has 1 saturated carbocycles. The summed E-state index contributed by atoms with van der Waals surface area (Å²) < 4.78 is 0. The maximum Gasteiger partial charge on any atom is 0.247 e. The standard InChI is InChI=1S/C39H34BN/c1-38-22-11-12-23-39(38,2)41-34-25-28(26-14-5-3-6-15-26)24-30-35(27-16-7-4-8-17-27)29-18-9-10-20-32(29)40(36(30)34)33-21-13-19-31(38)37(33)41/h3-10,13-21,24-25,35H,11-12,22-23H2,1-2H3. The number of anilines is 2. The molecule has 0 bridgehead atoms. The highest BCUT2D eigenvalue weighted by Gasteiger charge is 2.61. The van der Waals surface area contributed by atoms with Crippen molar-refractivity contribution in [1.29, 1.82) is 0 Å². The fourth-order valence-electron chi connectivity index (χ4n) is 9.28. The highest BCUT2D eigenvalue weighted by atomic mass is 15.3. The van der Waals surface area contributed by atoms with Crippen LogP contribution in [0, 0.1) is 0 Å². The van der Waals surface area contributed by atoms with Crippen LogP contribution in [0.15, 0.2) is 115 Å². The van der Waals surface area contributed by atoms with Gasteiger partial charge in [0.2, 0.25) is 6.71 Å². The second kappa shape index (κ2) is 8.26. The second-order valence-electron chi connectivity index (χ2n) is 13.2. The lowest BCUT2D eigenvalue weighted by Crippen LogP contribution is -2.65. The molecule has 1 fully saturated rings. The third kappa shape index (κ3) is 2.93. The minimum atomic E-state index is 0.0525. The summed E-state index contributed by atoms with van der Waals surface area (Å²) in [6.07, 6.45) is 5.09. The number of nitrogens with zero attached hydrogens (tertiary/aromatic N) is 1. The quantitative estimate of drug-likeness (QED) is 0.212. The Bertz CT molecular complexity index is 1840. The van der Waals surface area contributed by atoms with E-state index in [1.54, 1.807) is 5.56 Å². The zero-order valence-electron chi connectivity index (χ0n) is 23.9. The van der Waals surface area contributed by atoms with Crippen LogP contribution in [-0.2, 0) is 5.41 Å². The smallest absolute Gasteiger partial charge is 0.247 e. The van der Waals surface area contributed by atoms with Crippen LogP contribution in [0.2, 0.25) is 0 Å². The first-order valence-corrected chi connectivity index (χ1v) is 15.4. The van der Waals surface area contributed by atoms with Crippen LogP contribution < -0.4 is 21.3 Å². The van der Waals surface area contributed by atoms with Gasteiger partial charge in [0.15, 0.2) is 0 Å². The van der Waals surface area contributed by atoms with Crippen LogP contribution in [0.4, 0.5) is 11.4 Å². The molecule has 3 unspecified atom stereocenters. The Kier molecular flexibility index (Phi) is 4.76. The van der Waals surface area contributed by atoms with Crippen molar-refractivity contribution < 1.29 is 0 Å². The van der Waals surface area contributed by atoms with Crippen molar-refractivity contribution in [1.82, 2.24) is 0 Å². The summed E-state index contributed by atoms with van der Waals surface area (Å²) in [6, 6.07) is 43.9. The molecule has 198 valence electrons. The summed E-state index contributed by atoms with van der Waals surface area (Å²) >= 11 is 0. The van der Waals surface area contributed by atoms with Gasteiger partial charge in [0.05, 0.1) is 5.54 Å². The molecule has 0 radical (unpaired) electrons. The van der Waals surface area contributed by atoms with E-state index in [1.807, 2.05) is 0 Å². The van der Waals surface area contributed by atoms with Gasteiger partial charge < -0.3 is 4.90 Å². The lowest BCUT2D eigenvalue weighted by molar-refractivity contribution is 0.195. The Hall–Kier alpha value is -4.04. The number of benzene rings is 5. The molecule has 5 aromatic rings. The zero-order chi connectivity index (χ0) is 27.3. The molecule has 9 rings (SSSR count). The predicted octanol–water partition coefficient (Wildman–Crippen LogP) is 7.42. The van der Waals surface area contributed by atoms with Gasteiger partial charge >= 0.3 is 0 Å². The predicted molar refractivity (Wildman–Crippen MR) is 173 cm³/mol. The Balaban J connectivity index is 1.43. The molecule has 2 heteroatoms. The normalized spacial score (nSPS) is 24.8. The molecule has 0 saturated heterocycles. The average molecular weight is 528 g/mol. The lowest BCUT2D eigenvalue weighted by atomic mass is 9.31. The van der Waals surface area contributed by atoms with Gasteiger partial charge in [-0.1, -0.05) is 134 Å². The van der Waals surface area contributed by atoms with E-state index in [9.17, 15) is 0 Å². The average Bonchev–Trinajstić information content (AvgIpc) is 3.24. The number of hydrogen-bond donors (Lipinski definition) is 0. The van der Waals surface area contributed by atoms with Gasteiger partial charge in [0.1, 0.15) is 0 Å². The van der Waals surface area contributed by atoms with Crippen LogP contribution in [0.5, 0.6) is 0 Å². The van der Waals surface area contributed by atoms with Gasteiger partial charge in [0.25, 0.3) is 0 Å². The molecule has 41 heavy (non-hydrogen) atoms. The number of para-hydroxylation sites is 1. The van der Waals surface area contributed by atoms with Gasteiger partial charge in [0, 0.05) is 22.7 Å². The maximum absolute atomic E-state index is 2.84. The maximum atomic E-state index is 2.84. The minimum absolute atomic E-state index is 0.0525. The van der Waals surface area contributed by atoms with Gasteiger partial charge in [-0.15, -0.1) is 0 Å². The van der Waals surface area contributed by atoms with Crippen LogP contribution in [0.3, 0.4) is 0 Å². The zero-order valence-corrected chi connectivity index (χ0v) is 23.9. The molecule has 0 spiro atoms. The number of hydrogen-bond acceptors (Lipinski definition) is 1. The second-order valence-corrected chi connectivity index (χ2v) is 13.2. The van der Waals surface area contributed by atoms with Crippen LogP contribution >= 0.6 is 0 Å². The van der Waals surface area contributed by atoms with Crippen LogP contribution in [0.1, 0.15) is 67.7 Å². The molecule has 0 aromatic heterocycles. The molecule has 1 aliphatic carbocycles. The number of rotatable bonds is 2. The van der Waals surface area contributed by atoms with E-state index in [0.717, 1.165) is 0 Å². The van der Waals surface area contributed by atoms with Crippen LogP contribution in [0.25, 0.3) is 11.1 Å². The monoisotopic (exact) mass is 527 g/mol. The lowest BCUT2D eigenvalue weighted by Gasteiger charge is -2.52. The minimum Gasteiger partial charge on any atom is -0.335 e. The molecular formula is C39H34BN. The summed E-state index contributed by atoms with van der Waals surface area (Å²) in [4.78, 5) is 2.84. The number of fused-ring (bicyclic) bond motifs is 7. The van der Waals surface area contributed by atoms with Gasteiger partial charge in [-0.2, -0.15) is 0 Å². The van der Waals surface area contributed by atoms with Crippen molar-refractivity contribution >= 4 is 34.5 Å². The van der Waals surface area contributed by atoms with Crippen molar-refractivity contribution in [3.05, 3.63) is 138 Å². The molecule has 4 aliphatic rings. The van der Waals surface area contributed by atoms with Gasteiger partial charge in [-0.05, 0) is 70.1 Å². The highest BCUT2D eigenvalue weighted by molar-refractivity contribution is 6.99. The van der Waals surface area contributed by atoms with E-state index in [4.69, 9.17) is 0 Å². The fraction of sp³-hybridized carbons (Fsp3) is 0.231. The molecule has 5 aromatic carbocycles. The Morgan fingerprint density at radius 3 is 2.20 bits per heavy atom. The van der Waals surface area contributed by atoms with E-state index < -0.39 is 0 Å². The molecule has 3 heterocycles. The summed E-state index contributed by atoms with van der Waals surface area (Å²) in [5.74, 6) is 0.207. The third-order valence-electron chi connectivity index (χ3n) is 11.4. The van der Waals surface area contributed by atoms with Crippen molar-refractivity contribution in [2.75, 3.05) is 4.90 Å².